The second-order valence-corrected chi connectivity index (χ2v) is 5.08. The Morgan fingerprint density at radius 1 is 1.38 bits per heavy atom. The molecule has 0 amide bonds. The fraction of sp³-hybridized carbons (Fsp3) is 0.833. The van der Waals surface area contributed by atoms with Gasteiger partial charge >= 0.3 is 0 Å². The zero-order chi connectivity index (χ0) is 11.5. The molecular formula is C12H20ClN3. The summed E-state index contributed by atoms with van der Waals surface area (Å²) in [5.41, 5.74) is 0. The molecule has 0 spiro atoms. The number of rotatable bonds is 6. The van der Waals surface area contributed by atoms with Crippen molar-refractivity contribution in [1.29, 1.82) is 0 Å². The van der Waals surface area contributed by atoms with Crippen molar-refractivity contribution in [3.8, 4) is 0 Å². The van der Waals surface area contributed by atoms with Crippen LogP contribution in [0.15, 0.2) is 0 Å². The van der Waals surface area contributed by atoms with Gasteiger partial charge in [-0.3, -0.25) is 4.57 Å². The Kier molecular flexibility index (Phi) is 3.85. The minimum Gasteiger partial charge on any atom is -0.299 e. The molecule has 2 rings (SSSR count). The maximum atomic E-state index is 6.15. The zero-order valence-corrected chi connectivity index (χ0v) is 10.9. The van der Waals surface area contributed by atoms with Crippen molar-refractivity contribution in [1.82, 2.24) is 14.8 Å². The van der Waals surface area contributed by atoms with Crippen molar-refractivity contribution >= 4 is 11.6 Å². The minimum atomic E-state index is 0.497. The lowest BCUT2D eigenvalue weighted by Crippen LogP contribution is -2.13. The SMILES string of the molecule is CCCc1nnc(Cl)n1C(CC)CC1CC1. The van der Waals surface area contributed by atoms with Crippen LogP contribution in [0.25, 0.3) is 0 Å². The van der Waals surface area contributed by atoms with E-state index in [1.165, 1.54) is 19.3 Å². The summed E-state index contributed by atoms with van der Waals surface area (Å²) < 4.78 is 2.16. The fourth-order valence-corrected chi connectivity index (χ4v) is 2.52. The third-order valence-electron chi connectivity index (χ3n) is 3.34. The second kappa shape index (κ2) is 5.17. The molecule has 3 nitrogen and oxygen atoms in total. The molecule has 0 bridgehead atoms. The van der Waals surface area contributed by atoms with Gasteiger partial charge in [0.2, 0.25) is 5.28 Å². The molecule has 0 saturated heterocycles. The van der Waals surface area contributed by atoms with Crippen LogP contribution in [0.5, 0.6) is 0 Å². The summed E-state index contributed by atoms with van der Waals surface area (Å²) in [4.78, 5) is 0. The van der Waals surface area contributed by atoms with Gasteiger partial charge < -0.3 is 0 Å². The van der Waals surface area contributed by atoms with E-state index in [9.17, 15) is 0 Å². The number of aromatic nitrogens is 3. The molecule has 90 valence electrons. The van der Waals surface area contributed by atoms with Gasteiger partial charge in [0.25, 0.3) is 0 Å². The van der Waals surface area contributed by atoms with Crippen LogP contribution in [0, 0.1) is 5.92 Å². The standard InChI is InChI=1S/C12H20ClN3/c1-3-5-11-14-15-12(13)16(11)10(4-2)8-9-6-7-9/h9-10H,3-8H2,1-2H3. The van der Waals surface area contributed by atoms with Crippen molar-refractivity contribution in [2.45, 2.75) is 58.4 Å². The van der Waals surface area contributed by atoms with Gasteiger partial charge in [-0.05, 0) is 36.8 Å². The summed E-state index contributed by atoms with van der Waals surface area (Å²) in [6, 6.07) is 0.497. The van der Waals surface area contributed by atoms with E-state index < -0.39 is 0 Å². The first-order valence-electron chi connectivity index (χ1n) is 6.35. The lowest BCUT2D eigenvalue weighted by atomic mass is 10.1. The molecule has 16 heavy (non-hydrogen) atoms. The molecule has 1 aliphatic rings. The van der Waals surface area contributed by atoms with Gasteiger partial charge in [-0.1, -0.05) is 26.7 Å². The van der Waals surface area contributed by atoms with Crippen LogP contribution in [-0.4, -0.2) is 14.8 Å². The largest absolute Gasteiger partial charge is 0.299 e. The highest BCUT2D eigenvalue weighted by Crippen LogP contribution is 2.39. The van der Waals surface area contributed by atoms with E-state index in [0.717, 1.165) is 31.0 Å². The molecule has 0 radical (unpaired) electrons. The molecule has 0 aromatic carbocycles. The maximum Gasteiger partial charge on any atom is 0.225 e. The fourth-order valence-electron chi connectivity index (χ4n) is 2.25. The van der Waals surface area contributed by atoms with Gasteiger partial charge in [0.1, 0.15) is 5.82 Å². The van der Waals surface area contributed by atoms with E-state index >= 15 is 0 Å². The molecule has 0 N–H and O–H groups in total. The predicted octanol–water partition coefficient (Wildman–Crippen LogP) is 3.64. The quantitative estimate of drug-likeness (QED) is 0.762. The molecule has 0 aliphatic heterocycles. The zero-order valence-electron chi connectivity index (χ0n) is 10.1. The van der Waals surface area contributed by atoms with E-state index in [1.807, 2.05) is 0 Å². The van der Waals surface area contributed by atoms with Gasteiger partial charge in [-0.2, -0.15) is 0 Å². The number of hydrogen-bond acceptors (Lipinski definition) is 2. The molecule has 4 heteroatoms. The van der Waals surface area contributed by atoms with E-state index in [1.54, 1.807) is 0 Å². The Morgan fingerprint density at radius 2 is 2.12 bits per heavy atom. The Bertz CT molecular complexity index is 344. The van der Waals surface area contributed by atoms with E-state index in [2.05, 4.69) is 28.6 Å². The Balaban J connectivity index is 2.16. The highest BCUT2D eigenvalue weighted by Gasteiger charge is 2.27. The maximum absolute atomic E-state index is 6.15. The van der Waals surface area contributed by atoms with Crippen LogP contribution >= 0.6 is 11.6 Å². The summed E-state index contributed by atoms with van der Waals surface area (Å²) in [6.07, 6.45) is 7.20. The van der Waals surface area contributed by atoms with Gasteiger partial charge in [-0.15, -0.1) is 10.2 Å². The minimum absolute atomic E-state index is 0.497. The highest BCUT2D eigenvalue weighted by molar-refractivity contribution is 6.28. The average molecular weight is 242 g/mol. The number of aryl methyl sites for hydroxylation is 1. The highest BCUT2D eigenvalue weighted by atomic mass is 35.5. The summed E-state index contributed by atoms with van der Waals surface area (Å²) in [6.45, 7) is 4.38. The molecule has 1 saturated carbocycles. The van der Waals surface area contributed by atoms with E-state index in [4.69, 9.17) is 11.6 Å². The molecular weight excluding hydrogens is 222 g/mol. The smallest absolute Gasteiger partial charge is 0.225 e. The van der Waals surface area contributed by atoms with Crippen molar-refractivity contribution in [3.05, 3.63) is 11.1 Å². The van der Waals surface area contributed by atoms with Crippen LogP contribution in [0.4, 0.5) is 0 Å². The summed E-state index contributed by atoms with van der Waals surface area (Å²) in [7, 11) is 0. The first-order chi connectivity index (χ1) is 7.76. The topological polar surface area (TPSA) is 30.7 Å². The Morgan fingerprint density at radius 3 is 2.69 bits per heavy atom. The van der Waals surface area contributed by atoms with Gasteiger partial charge in [0, 0.05) is 12.5 Å². The van der Waals surface area contributed by atoms with Crippen molar-refractivity contribution in [3.63, 3.8) is 0 Å². The van der Waals surface area contributed by atoms with E-state index in [-0.39, 0.29) is 0 Å². The van der Waals surface area contributed by atoms with Crippen molar-refractivity contribution < 1.29 is 0 Å². The molecule has 1 aromatic rings. The molecule has 1 aromatic heterocycles. The van der Waals surface area contributed by atoms with Gasteiger partial charge in [0.05, 0.1) is 0 Å². The number of hydrogen-bond donors (Lipinski definition) is 0. The Labute approximate surface area is 102 Å². The first-order valence-corrected chi connectivity index (χ1v) is 6.73. The van der Waals surface area contributed by atoms with Crippen LogP contribution in [-0.2, 0) is 6.42 Å². The molecule has 1 aliphatic carbocycles. The lowest BCUT2D eigenvalue weighted by molar-refractivity contribution is 0.415. The number of halogens is 1. The van der Waals surface area contributed by atoms with E-state index in [0.29, 0.717) is 11.3 Å². The van der Waals surface area contributed by atoms with Crippen LogP contribution < -0.4 is 0 Å². The lowest BCUT2D eigenvalue weighted by Gasteiger charge is -2.19. The normalized spacial score (nSPS) is 17.7. The summed E-state index contributed by atoms with van der Waals surface area (Å²) in [5, 5.41) is 8.76. The monoisotopic (exact) mass is 241 g/mol. The predicted molar refractivity (Wildman–Crippen MR) is 65.7 cm³/mol. The third-order valence-corrected chi connectivity index (χ3v) is 3.59. The molecule has 1 heterocycles. The summed E-state index contributed by atoms with van der Waals surface area (Å²) in [5.74, 6) is 1.97. The van der Waals surface area contributed by atoms with Crippen LogP contribution in [0.1, 0.15) is 57.8 Å². The van der Waals surface area contributed by atoms with Crippen molar-refractivity contribution in [2.75, 3.05) is 0 Å². The van der Waals surface area contributed by atoms with Gasteiger partial charge in [0.15, 0.2) is 0 Å². The third kappa shape index (κ3) is 2.57. The molecule has 1 atom stereocenters. The molecule has 1 fully saturated rings. The van der Waals surface area contributed by atoms with Crippen molar-refractivity contribution in [2.24, 2.45) is 5.92 Å². The van der Waals surface area contributed by atoms with Crippen LogP contribution in [0.2, 0.25) is 5.28 Å². The number of nitrogens with zero attached hydrogens (tertiary/aromatic N) is 3. The van der Waals surface area contributed by atoms with Crippen LogP contribution in [0.3, 0.4) is 0 Å². The molecule has 1 unspecified atom stereocenters. The average Bonchev–Trinajstić information content (AvgIpc) is 3.02. The second-order valence-electron chi connectivity index (χ2n) is 4.75. The van der Waals surface area contributed by atoms with Gasteiger partial charge in [-0.25, -0.2) is 0 Å². The Hall–Kier alpha value is -0.570. The first kappa shape index (κ1) is 11.9. The summed E-state index contributed by atoms with van der Waals surface area (Å²) >= 11 is 6.15.